The first-order chi connectivity index (χ1) is 12.7. The second kappa shape index (κ2) is 8.76. The van der Waals surface area contributed by atoms with E-state index in [1.165, 1.54) is 0 Å². The van der Waals surface area contributed by atoms with Crippen molar-refractivity contribution >= 4 is 5.82 Å². The van der Waals surface area contributed by atoms with Crippen LogP contribution in [0, 0.1) is 0 Å². The molecule has 0 amide bonds. The smallest absolute Gasteiger partial charge is 0.164 e. The van der Waals surface area contributed by atoms with Crippen LogP contribution in [0.1, 0.15) is 18.4 Å². The van der Waals surface area contributed by atoms with Gasteiger partial charge in [0.15, 0.2) is 11.5 Å². The van der Waals surface area contributed by atoms with Gasteiger partial charge in [-0.25, -0.2) is 4.98 Å². The fourth-order valence-electron chi connectivity index (χ4n) is 3.34. The summed E-state index contributed by atoms with van der Waals surface area (Å²) in [6.45, 7) is 2.76. The summed E-state index contributed by atoms with van der Waals surface area (Å²) in [5.74, 6) is 3.26. The molecule has 3 rings (SSSR count). The van der Waals surface area contributed by atoms with E-state index in [1.807, 2.05) is 30.5 Å². The number of ether oxygens (including phenoxy) is 3. The monoisotopic (exact) mass is 357 g/mol. The molecule has 2 aromatic rings. The third-order valence-corrected chi connectivity index (χ3v) is 4.84. The summed E-state index contributed by atoms with van der Waals surface area (Å²) >= 11 is 0. The van der Waals surface area contributed by atoms with E-state index in [-0.39, 0.29) is 0 Å². The molecule has 1 saturated heterocycles. The normalized spacial score (nSPS) is 15.0. The summed E-state index contributed by atoms with van der Waals surface area (Å²) < 4.78 is 16.3. The van der Waals surface area contributed by atoms with Gasteiger partial charge in [0.25, 0.3) is 0 Å². The topological polar surface area (TPSA) is 55.9 Å². The van der Waals surface area contributed by atoms with Crippen LogP contribution in [0.15, 0.2) is 36.5 Å². The van der Waals surface area contributed by atoms with Gasteiger partial charge in [-0.05, 0) is 31.0 Å². The Kier molecular flexibility index (Phi) is 6.17. The maximum Gasteiger partial charge on any atom is 0.164 e. The lowest BCUT2D eigenvalue weighted by Gasteiger charge is -2.33. The molecule has 1 aromatic carbocycles. The number of piperidine rings is 1. The molecule has 0 spiro atoms. The molecule has 1 N–H and O–H groups in total. The van der Waals surface area contributed by atoms with Crippen LogP contribution < -0.4 is 24.4 Å². The van der Waals surface area contributed by atoms with Crippen molar-refractivity contribution in [3.8, 4) is 17.2 Å². The molecule has 6 nitrogen and oxygen atoms in total. The van der Waals surface area contributed by atoms with Crippen molar-refractivity contribution in [3.05, 3.63) is 42.1 Å². The number of nitrogens with zero attached hydrogens (tertiary/aromatic N) is 2. The number of hydrogen-bond acceptors (Lipinski definition) is 6. The van der Waals surface area contributed by atoms with Crippen LogP contribution in [0.25, 0.3) is 0 Å². The Balaban J connectivity index is 1.58. The van der Waals surface area contributed by atoms with Crippen molar-refractivity contribution in [2.45, 2.75) is 25.4 Å². The van der Waals surface area contributed by atoms with Crippen LogP contribution in [-0.2, 0) is 6.54 Å². The highest BCUT2D eigenvalue weighted by atomic mass is 16.5. The van der Waals surface area contributed by atoms with Gasteiger partial charge in [0, 0.05) is 43.5 Å². The minimum absolute atomic E-state index is 0.479. The molecule has 140 valence electrons. The second-order valence-electron chi connectivity index (χ2n) is 6.35. The first-order valence-corrected chi connectivity index (χ1v) is 8.93. The van der Waals surface area contributed by atoms with Crippen LogP contribution in [0.2, 0.25) is 0 Å². The number of nitrogens with one attached hydrogen (secondary N) is 1. The average molecular weight is 357 g/mol. The number of pyridine rings is 1. The number of benzene rings is 1. The first-order valence-electron chi connectivity index (χ1n) is 8.93. The Morgan fingerprint density at radius 1 is 1.00 bits per heavy atom. The van der Waals surface area contributed by atoms with Crippen LogP contribution in [-0.4, -0.2) is 45.4 Å². The Morgan fingerprint density at radius 3 is 2.31 bits per heavy atom. The van der Waals surface area contributed by atoms with Crippen molar-refractivity contribution < 1.29 is 14.2 Å². The predicted molar refractivity (Wildman–Crippen MR) is 102 cm³/mol. The average Bonchev–Trinajstić information content (AvgIpc) is 2.72. The third-order valence-electron chi connectivity index (χ3n) is 4.84. The van der Waals surface area contributed by atoms with Crippen molar-refractivity contribution in [2.24, 2.45) is 0 Å². The fraction of sp³-hybridized carbons (Fsp3) is 0.450. The van der Waals surface area contributed by atoms with E-state index >= 15 is 0 Å². The van der Waals surface area contributed by atoms with Gasteiger partial charge in [0.05, 0.1) is 21.3 Å². The molecular weight excluding hydrogens is 330 g/mol. The second-order valence-corrected chi connectivity index (χ2v) is 6.35. The Bertz CT molecular complexity index is 701. The summed E-state index contributed by atoms with van der Waals surface area (Å²) in [6, 6.07) is 10.4. The number of rotatable bonds is 7. The first kappa shape index (κ1) is 18.3. The van der Waals surface area contributed by atoms with Gasteiger partial charge in [-0.15, -0.1) is 0 Å². The standard InChI is InChI=1S/C20H27N3O3/c1-24-17-13-19(26-3)18(25-2)12-15(17)14-22-16-7-10-23(11-8-16)20-6-4-5-9-21-20/h4-6,9,12-13,16,22H,7-8,10-11,14H2,1-3H3. The van der Waals surface area contributed by atoms with Gasteiger partial charge in [-0.1, -0.05) is 6.07 Å². The van der Waals surface area contributed by atoms with E-state index in [0.29, 0.717) is 11.8 Å². The lowest BCUT2D eigenvalue weighted by molar-refractivity contribution is 0.345. The number of aromatic nitrogens is 1. The number of anilines is 1. The van der Waals surface area contributed by atoms with E-state index < -0.39 is 0 Å². The zero-order valence-corrected chi connectivity index (χ0v) is 15.7. The molecule has 26 heavy (non-hydrogen) atoms. The van der Waals surface area contributed by atoms with Crippen LogP contribution in [0.4, 0.5) is 5.82 Å². The Morgan fingerprint density at radius 2 is 1.69 bits per heavy atom. The van der Waals surface area contributed by atoms with Crippen molar-refractivity contribution in [1.29, 1.82) is 0 Å². The highest BCUT2D eigenvalue weighted by Crippen LogP contribution is 2.34. The predicted octanol–water partition coefficient (Wildman–Crippen LogP) is 2.87. The molecule has 6 heteroatoms. The van der Waals surface area contributed by atoms with Gasteiger partial charge in [-0.2, -0.15) is 0 Å². The number of hydrogen-bond donors (Lipinski definition) is 1. The van der Waals surface area contributed by atoms with Gasteiger partial charge >= 0.3 is 0 Å². The highest BCUT2D eigenvalue weighted by Gasteiger charge is 2.20. The SMILES string of the molecule is COc1cc(OC)c(OC)cc1CNC1CCN(c2ccccn2)CC1. The molecule has 1 aromatic heterocycles. The molecule has 0 aliphatic carbocycles. The van der Waals surface area contributed by atoms with E-state index in [9.17, 15) is 0 Å². The summed E-state index contributed by atoms with van der Waals surface area (Å²) in [6.07, 6.45) is 4.03. The van der Waals surface area contributed by atoms with Crippen LogP contribution >= 0.6 is 0 Å². The molecule has 0 unspecified atom stereocenters. The molecule has 1 aliphatic rings. The molecule has 1 fully saturated rings. The molecule has 2 heterocycles. The minimum atomic E-state index is 0.479. The summed E-state index contributed by atoms with van der Waals surface area (Å²) in [5.41, 5.74) is 1.07. The van der Waals surface area contributed by atoms with E-state index in [4.69, 9.17) is 14.2 Å². The zero-order chi connectivity index (χ0) is 18.4. The molecule has 0 radical (unpaired) electrons. The Hall–Kier alpha value is -2.47. The van der Waals surface area contributed by atoms with E-state index in [0.717, 1.165) is 55.4 Å². The van der Waals surface area contributed by atoms with E-state index in [2.05, 4.69) is 21.3 Å². The lowest BCUT2D eigenvalue weighted by atomic mass is 10.0. The highest BCUT2D eigenvalue weighted by molar-refractivity contribution is 5.50. The van der Waals surface area contributed by atoms with Gasteiger partial charge in [0.2, 0.25) is 0 Å². The van der Waals surface area contributed by atoms with Crippen LogP contribution in [0.3, 0.4) is 0 Å². The maximum atomic E-state index is 5.51. The number of methoxy groups -OCH3 is 3. The molecule has 0 saturated carbocycles. The van der Waals surface area contributed by atoms with Crippen molar-refractivity contribution in [3.63, 3.8) is 0 Å². The summed E-state index contributed by atoms with van der Waals surface area (Å²) in [7, 11) is 4.95. The Labute approximate surface area is 155 Å². The maximum absolute atomic E-state index is 5.51. The van der Waals surface area contributed by atoms with Crippen molar-refractivity contribution in [1.82, 2.24) is 10.3 Å². The van der Waals surface area contributed by atoms with Gasteiger partial charge < -0.3 is 24.4 Å². The molecule has 0 bridgehead atoms. The van der Waals surface area contributed by atoms with Crippen LogP contribution in [0.5, 0.6) is 17.2 Å². The summed E-state index contributed by atoms with van der Waals surface area (Å²) in [4.78, 5) is 6.78. The van der Waals surface area contributed by atoms with Gasteiger partial charge in [-0.3, -0.25) is 0 Å². The fourth-order valence-corrected chi connectivity index (χ4v) is 3.34. The zero-order valence-electron chi connectivity index (χ0n) is 15.7. The third kappa shape index (κ3) is 4.19. The van der Waals surface area contributed by atoms with Gasteiger partial charge in [0.1, 0.15) is 11.6 Å². The minimum Gasteiger partial charge on any atom is -0.496 e. The molecule has 1 aliphatic heterocycles. The largest absolute Gasteiger partial charge is 0.496 e. The summed E-state index contributed by atoms with van der Waals surface area (Å²) in [5, 5.41) is 3.65. The quantitative estimate of drug-likeness (QED) is 0.822. The van der Waals surface area contributed by atoms with E-state index in [1.54, 1.807) is 21.3 Å². The molecular formula is C20H27N3O3. The molecule has 0 atom stereocenters. The van der Waals surface area contributed by atoms with Crippen molar-refractivity contribution in [2.75, 3.05) is 39.3 Å². The lowest BCUT2D eigenvalue weighted by Crippen LogP contribution is -2.42.